The molecule has 7 nitrogen and oxygen atoms in total. The van der Waals surface area contributed by atoms with Crippen LogP contribution >= 0.6 is 0 Å². The average Bonchev–Trinajstić information content (AvgIpc) is 2.68. The van der Waals surface area contributed by atoms with Gasteiger partial charge >= 0.3 is 0 Å². The molecule has 2 aromatic heterocycles. The first-order valence-corrected chi connectivity index (χ1v) is 8.45. The molecule has 0 aliphatic heterocycles. The molecule has 0 unspecified atom stereocenters. The fourth-order valence-electron chi connectivity index (χ4n) is 2.54. The maximum absolute atomic E-state index is 12.6. The molecule has 0 bridgehead atoms. The second-order valence-corrected chi connectivity index (χ2v) is 6.14. The van der Waals surface area contributed by atoms with Gasteiger partial charge in [0.05, 0.1) is 0 Å². The van der Waals surface area contributed by atoms with Gasteiger partial charge in [-0.2, -0.15) is 0 Å². The lowest BCUT2D eigenvalue weighted by atomic mass is 10.1. The molecule has 27 heavy (non-hydrogen) atoms. The molecule has 2 heterocycles. The van der Waals surface area contributed by atoms with Crippen LogP contribution in [-0.2, 0) is 13.2 Å². The van der Waals surface area contributed by atoms with E-state index in [2.05, 4.69) is 15.0 Å². The van der Waals surface area contributed by atoms with E-state index in [1.165, 1.54) is 11.1 Å². The van der Waals surface area contributed by atoms with E-state index < -0.39 is 11.5 Å². The van der Waals surface area contributed by atoms with Gasteiger partial charge in [0.1, 0.15) is 23.7 Å². The van der Waals surface area contributed by atoms with Gasteiger partial charge in [-0.15, -0.1) is 0 Å². The Morgan fingerprint density at radius 2 is 1.96 bits per heavy atom. The maximum Gasteiger partial charge on any atom is 0.263 e. The average molecular weight is 364 g/mol. The van der Waals surface area contributed by atoms with Crippen LogP contribution in [-0.4, -0.2) is 32.8 Å². The minimum Gasteiger partial charge on any atom is -0.486 e. The fourth-order valence-corrected chi connectivity index (χ4v) is 2.54. The number of pyridine rings is 1. The summed E-state index contributed by atoms with van der Waals surface area (Å²) in [6.45, 7) is 2.42. The molecule has 7 heteroatoms. The molecule has 0 aliphatic rings. The molecular weight excluding hydrogens is 344 g/mol. The van der Waals surface area contributed by atoms with Crippen molar-refractivity contribution in [2.24, 2.45) is 0 Å². The van der Waals surface area contributed by atoms with Crippen molar-refractivity contribution >= 4 is 5.91 Å². The van der Waals surface area contributed by atoms with Crippen LogP contribution in [0.4, 0.5) is 0 Å². The smallest absolute Gasteiger partial charge is 0.263 e. The molecule has 0 aliphatic carbocycles. The third-order valence-corrected chi connectivity index (χ3v) is 4.09. The van der Waals surface area contributed by atoms with Crippen LogP contribution < -0.4 is 10.3 Å². The highest BCUT2D eigenvalue weighted by molar-refractivity contribution is 5.93. The molecule has 0 atom stereocenters. The highest BCUT2D eigenvalue weighted by Gasteiger charge is 2.17. The number of carbonyl (C=O) groups excluding carboxylic acids is 1. The van der Waals surface area contributed by atoms with Crippen molar-refractivity contribution < 1.29 is 9.53 Å². The first-order valence-electron chi connectivity index (χ1n) is 8.45. The molecule has 3 rings (SSSR count). The van der Waals surface area contributed by atoms with Crippen molar-refractivity contribution in [2.75, 3.05) is 7.05 Å². The van der Waals surface area contributed by atoms with Crippen LogP contribution in [0.25, 0.3) is 0 Å². The number of rotatable bonds is 6. The van der Waals surface area contributed by atoms with E-state index in [4.69, 9.17) is 4.74 Å². The Bertz CT molecular complexity index is 986. The lowest BCUT2D eigenvalue weighted by molar-refractivity contribution is 0.0782. The van der Waals surface area contributed by atoms with E-state index in [-0.39, 0.29) is 12.2 Å². The van der Waals surface area contributed by atoms with Gasteiger partial charge in [0.2, 0.25) is 0 Å². The first kappa shape index (κ1) is 18.3. The number of aromatic nitrogens is 3. The number of carbonyl (C=O) groups is 1. The highest BCUT2D eigenvalue weighted by Crippen LogP contribution is 2.11. The molecule has 138 valence electrons. The summed E-state index contributed by atoms with van der Waals surface area (Å²) in [4.78, 5) is 37.2. The molecular formula is C20H20N4O3. The zero-order valence-electron chi connectivity index (χ0n) is 15.2. The number of nitrogens with zero attached hydrogens (tertiary/aromatic N) is 3. The zero-order valence-corrected chi connectivity index (χ0v) is 15.2. The summed E-state index contributed by atoms with van der Waals surface area (Å²) in [6, 6.07) is 11.1. The van der Waals surface area contributed by atoms with Crippen LogP contribution in [0.15, 0.2) is 59.8 Å². The molecule has 0 fully saturated rings. The summed E-state index contributed by atoms with van der Waals surface area (Å²) >= 11 is 0. The van der Waals surface area contributed by atoms with Crippen molar-refractivity contribution in [3.05, 3.63) is 87.9 Å². The van der Waals surface area contributed by atoms with E-state index in [1.807, 2.05) is 43.3 Å². The normalized spacial score (nSPS) is 10.4. The lowest BCUT2D eigenvalue weighted by Crippen LogP contribution is -2.32. The van der Waals surface area contributed by atoms with Crippen molar-refractivity contribution in [1.82, 2.24) is 19.9 Å². The van der Waals surface area contributed by atoms with Crippen LogP contribution in [0.2, 0.25) is 0 Å². The number of aromatic amines is 1. The Morgan fingerprint density at radius 1 is 1.19 bits per heavy atom. The summed E-state index contributed by atoms with van der Waals surface area (Å²) in [6.07, 6.45) is 4.71. The van der Waals surface area contributed by atoms with Crippen molar-refractivity contribution in [3.8, 4) is 5.75 Å². The molecule has 1 aromatic carbocycles. The van der Waals surface area contributed by atoms with Crippen molar-refractivity contribution in [3.63, 3.8) is 0 Å². The number of aryl methyl sites for hydroxylation is 1. The number of ether oxygens (including phenoxy) is 1. The van der Waals surface area contributed by atoms with Gasteiger partial charge < -0.3 is 14.6 Å². The molecule has 3 aromatic rings. The van der Waals surface area contributed by atoms with Crippen LogP contribution in [0.5, 0.6) is 5.75 Å². The Labute approximate surface area is 156 Å². The van der Waals surface area contributed by atoms with Gasteiger partial charge in [-0.1, -0.05) is 18.2 Å². The van der Waals surface area contributed by atoms with Crippen molar-refractivity contribution in [2.45, 2.75) is 20.1 Å². The SMILES string of the molecule is Cc1cnccc1CN(C)C(=O)c1cnc(COc2ccccc2)[nH]c1=O. The number of H-pyrrole nitrogens is 1. The van der Waals surface area contributed by atoms with Crippen LogP contribution in [0.3, 0.4) is 0 Å². The van der Waals surface area contributed by atoms with E-state index in [0.29, 0.717) is 18.1 Å². The first-order chi connectivity index (χ1) is 13.0. The molecule has 1 amide bonds. The standard InChI is InChI=1S/C20H20N4O3/c1-14-10-21-9-8-15(14)12-24(2)20(26)17-11-22-18(23-19(17)25)13-27-16-6-4-3-5-7-16/h3-11H,12-13H2,1-2H3,(H,22,23,25). The third kappa shape index (κ3) is 4.58. The predicted molar refractivity (Wildman–Crippen MR) is 100 cm³/mol. The summed E-state index contributed by atoms with van der Waals surface area (Å²) in [7, 11) is 1.65. The number of hydrogen-bond acceptors (Lipinski definition) is 5. The van der Waals surface area contributed by atoms with Crippen LogP contribution in [0, 0.1) is 6.92 Å². The monoisotopic (exact) mass is 364 g/mol. The molecule has 0 radical (unpaired) electrons. The summed E-state index contributed by atoms with van der Waals surface area (Å²) in [5.74, 6) is 0.635. The number of benzene rings is 1. The third-order valence-electron chi connectivity index (χ3n) is 4.09. The quantitative estimate of drug-likeness (QED) is 0.725. The predicted octanol–water partition coefficient (Wildman–Crippen LogP) is 2.32. The number of hydrogen-bond donors (Lipinski definition) is 1. The van der Waals surface area contributed by atoms with Crippen molar-refractivity contribution in [1.29, 1.82) is 0 Å². The lowest BCUT2D eigenvalue weighted by Gasteiger charge is -2.18. The number of amides is 1. The Hall–Kier alpha value is -3.48. The van der Waals surface area contributed by atoms with Gasteiger partial charge in [-0.05, 0) is 36.2 Å². The fraction of sp³-hybridized carbons (Fsp3) is 0.200. The Balaban J connectivity index is 1.68. The highest BCUT2D eigenvalue weighted by atomic mass is 16.5. The van der Waals surface area contributed by atoms with Crippen LogP contribution in [0.1, 0.15) is 27.3 Å². The van der Waals surface area contributed by atoms with E-state index in [1.54, 1.807) is 19.4 Å². The summed E-state index contributed by atoms with van der Waals surface area (Å²) < 4.78 is 5.55. The molecule has 0 saturated carbocycles. The van der Waals surface area contributed by atoms with E-state index >= 15 is 0 Å². The van der Waals surface area contributed by atoms with Gasteiger partial charge in [0.25, 0.3) is 11.5 Å². The van der Waals surface area contributed by atoms with Gasteiger partial charge in [-0.3, -0.25) is 14.6 Å². The number of para-hydroxylation sites is 1. The van der Waals surface area contributed by atoms with Gasteiger partial charge in [0, 0.05) is 32.2 Å². The zero-order chi connectivity index (χ0) is 19.2. The minimum atomic E-state index is -0.486. The number of nitrogens with one attached hydrogen (secondary N) is 1. The molecule has 1 N–H and O–H groups in total. The van der Waals surface area contributed by atoms with E-state index in [0.717, 1.165) is 11.1 Å². The Kier molecular flexibility index (Phi) is 5.61. The minimum absolute atomic E-state index is 0.00679. The summed E-state index contributed by atoms with van der Waals surface area (Å²) in [5, 5.41) is 0. The van der Waals surface area contributed by atoms with E-state index in [9.17, 15) is 9.59 Å². The Morgan fingerprint density at radius 3 is 2.67 bits per heavy atom. The largest absolute Gasteiger partial charge is 0.486 e. The second kappa shape index (κ2) is 8.27. The molecule has 0 spiro atoms. The second-order valence-electron chi connectivity index (χ2n) is 6.14. The summed E-state index contributed by atoms with van der Waals surface area (Å²) in [5.41, 5.74) is 1.46. The maximum atomic E-state index is 12.6. The van der Waals surface area contributed by atoms with Gasteiger partial charge in [-0.25, -0.2) is 4.98 Å². The topological polar surface area (TPSA) is 88.2 Å². The molecule has 0 saturated heterocycles. The van der Waals surface area contributed by atoms with Gasteiger partial charge in [0.15, 0.2) is 0 Å².